The zero-order chi connectivity index (χ0) is 20.1. The predicted octanol–water partition coefficient (Wildman–Crippen LogP) is 2.22. The number of hydrogen-bond acceptors (Lipinski definition) is 5. The number of carbonyl (C=O) groups excluding carboxylic acids is 2. The average molecular weight is 390 g/mol. The summed E-state index contributed by atoms with van der Waals surface area (Å²) in [7, 11) is 0. The van der Waals surface area contributed by atoms with Gasteiger partial charge >= 0.3 is 0 Å². The van der Waals surface area contributed by atoms with Crippen LogP contribution >= 0.6 is 0 Å². The minimum Gasteiger partial charge on any atom is -0.346 e. The lowest BCUT2D eigenvalue weighted by molar-refractivity contribution is 0.0711. The number of hydrogen-bond donors (Lipinski definition) is 1. The van der Waals surface area contributed by atoms with Gasteiger partial charge in [-0.05, 0) is 31.4 Å². The molecule has 0 unspecified atom stereocenters. The van der Waals surface area contributed by atoms with Crippen LogP contribution in [0.2, 0.25) is 0 Å². The van der Waals surface area contributed by atoms with Gasteiger partial charge in [-0.3, -0.25) is 9.59 Å². The number of carbonyl (C=O) groups is 2. The van der Waals surface area contributed by atoms with Gasteiger partial charge in [0.25, 0.3) is 11.8 Å². The van der Waals surface area contributed by atoms with Gasteiger partial charge < -0.3 is 10.2 Å². The quantitative estimate of drug-likeness (QED) is 0.721. The van der Waals surface area contributed by atoms with Gasteiger partial charge in [0, 0.05) is 43.8 Å². The molecule has 1 N–H and O–H groups in total. The molecular formula is C21H22N6O2. The largest absolute Gasteiger partial charge is 0.346 e. The molecule has 8 heteroatoms. The molecule has 2 aromatic heterocycles. The number of nitrogens with zero attached hydrogens (tertiary/aromatic N) is 5. The van der Waals surface area contributed by atoms with Crippen molar-refractivity contribution < 1.29 is 9.59 Å². The summed E-state index contributed by atoms with van der Waals surface area (Å²) in [4.78, 5) is 35.5. The molecule has 1 fully saturated rings. The predicted molar refractivity (Wildman–Crippen MR) is 107 cm³/mol. The Kier molecular flexibility index (Phi) is 5.60. The first-order valence-corrected chi connectivity index (χ1v) is 9.70. The highest BCUT2D eigenvalue weighted by atomic mass is 16.2. The Bertz CT molecular complexity index is 995. The standard InChI is InChI=1S/C21H22N6O2/c28-20(24-13-16-14-25-27(15-16)17-7-3-1-4-8-17)18-19(23-10-9-22-18)21(29)26-11-5-2-6-12-26/h1,3-4,7-10,14-15H,2,5-6,11-13H2,(H,24,28). The van der Waals surface area contributed by atoms with E-state index in [1.165, 1.54) is 12.4 Å². The number of benzene rings is 1. The SMILES string of the molecule is O=C(NCc1cnn(-c2ccccc2)c1)c1nccnc1C(=O)N1CCCCC1. The summed E-state index contributed by atoms with van der Waals surface area (Å²) < 4.78 is 1.75. The zero-order valence-corrected chi connectivity index (χ0v) is 16.0. The van der Waals surface area contributed by atoms with Gasteiger partial charge in [0.05, 0.1) is 11.9 Å². The second-order valence-electron chi connectivity index (χ2n) is 6.92. The molecule has 3 heterocycles. The maximum absolute atomic E-state index is 12.8. The van der Waals surface area contributed by atoms with Crippen LogP contribution < -0.4 is 5.32 Å². The monoisotopic (exact) mass is 390 g/mol. The molecule has 0 radical (unpaired) electrons. The third-order valence-corrected chi connectivity index (χ3v) is 4.87. The van der Waals surface area contributed by atoms with Crippen LogP contribution in [0.15, 0.2) is 55.1 Å². The highest BCUT2D eigenvalue weighted by molar-refractivity contribution is 6.04. The fraction of sp³-hybridized carbons (Fsp3) is 0.286. The second-order valence-corrected chi connectivity index (χ2v) is 6.92. The smallest absolute Gasteiger partial charge is 0.274 e. The van der Waals surface area contributed by atoms with Crippen molar-refractivity contribution in [2.24, 2.45) is 0 Å². The summed E-state index contributed by atoms with van der Waals surface area (Å²) in [5, 5.41) is 7.13. The number of rotatable bonds is 5. The van der Waals surface area contributed by atoms with Gasteiger partial charge in [-0.1, -0.05) is 18.2 Å². The number of amides is 2. The normalized spacial score (nSPS) is 13.9. The zero-order valence-electron chi connectivity index (χ0n) is 16.0. The number of nitrogens with one attached hydrogen (secondary N) is 1. The van der Waals surface area contributed by atoms with E-state index in [9.17, 15) is 9.59 Å². The Labute approximate surface area is 168 Å². The van der Waals surface area contributed by atoms with Crippen LogP contribution in [0.4, 0.5) is 0 Å². The van der Waals surface area contributed by atoms with Crippen LogP contribution in [0.5, 0.6) is 0 Å². The summed E-state index contributed by atoms with van der Waals surface area (Å²) in [6.45, 7) is 1.66. The fourth-order valence-electron chi connectivity index (χ4n) is 3.35. The van der Waals surface area contributed by atoms with Gasteiger partial charge in [0.1, 0.15) is 0 Å². The molecule has 4 rings (SSSR count). The van der Waals surface area contributed by atoms with Crippen molar-refractivity contribution in [3.8, 4) is 5.69 Å². The lowest BCUT2D eigenvalue weighted by Crippen LogP contribution is -2.38. The third-order valence-electron chi connectivity index (χ3n) is 4.87. The van der Waals surface area contributed by atoms with Crippen LogP contribution in [0.1, 0.15) is 45.8 Å². The van der Waals surface area contributed by atoms with Crippen LogP contribution in [0.25, 0.3) is 5.69 Å². The minimum atomic E-state index is -0.425. The molecule has 2 amide bonds. The van der Waals surface area contributed by atoms with Gasteiger partial charge in [0.15, 0.2) is 11.4 Å². The lowest BCUT2D eigenvalue weighted by atomic mass is 10.1. The van der Waals surface area contributed by atoms with E-state index in [-0.39, 0.29) is 23.8 Å². The lowest BCUT2D eigenvalue weighted by Gasteiger charge is -2.26. The summed E-state index contributed by atoms with van der Waals surface area (Å²) in [5.41, 5.74) is 1.94. The van der Waals surface area contributed by atoms with E-state index in [2.05, 4.69) is 20.4 Å². The number of likely N-dealkylation sites (tertiary alicyclic amines) is 1. The Balaban J connectivity index is 1.44. The van der Waals surface area contributed by atoms with Crippen LogP contribution in [-0.2, 0) is 6.54 Å². The fourth-order valence-corrected chi connectivity index (χ4v) is 3.35. The maximum atomic E-state index is 12.8. The van der Waals surface area contributed by atoms with Crippen molar-refractivity contribution in [1.29, 1.82) is 0 Å². The molecule has 1 aliphatic rings. The van der Waals surface area contributed by atoms with Crippen LogP contribution in [-0.4, -0.2) is 49.6 Å². The van der Waals surface area contributed by atoms with E-state index in [0.29, 0.717) is 13.1 Å². The Morgan fingerprint density at radius 2 is 1.69 bits per heavy atom. The molecule has 1 aromatic carbocycles. The van der Waals surface area contributed by atoms with E-state index < -0.39 is 5.91 Å². The summed E-state index contributed by atoms with van der Waals surface area (Å²) in [5.74, 6) is -0.661. The molecule has 29 heavy (non-hydrogen) atoms. The molecule has 8 nitrogen and oxygen atoms in total. The van der Waals surface area contributed by atoms with Crippen molar-refractivity contribution in [1.82, 2.24) is 30.0 Å². The van der Waals surface area contributed by atoms with Crippen molar-refractivity contribution in [3.05, 3.63) is 72.1 Å². The van der Waals surface area contributed by atoms with Crippen molar-refractivity contribution in [2.45, 2.75) is 25.8 Å². The molecule has 148 valence electrons. The minimum absolute atomic E-state index is 0.0542. The van der Waals surface area contributed by atoms with Crippen molar-refractivity contribution in [3.63, 3.8) is 0 Å². The second kappa shape index (κ2) is 8.64. The molecule has 0 atom stereocenters. The molecule has 0 aliphatic carbocycles. The van der Waals surface area contributed by atoms with E-state index in [1.54, 1.807) is 15.8 Å². The number of para-hydroxylation sites is 1. The Hall–Kier alpha value is -3.55. The van der Waals surface area contributed by atoms with E-state index in [0.717, 1.165) is 30.5 Å². The number of aromatic nitrogens is 4. The summed E-state index contributed by atoms with van der Waals surface area (Å²) in [6.07, 6.45) is 9.48. The van der Waals surface area contributed by atoms with Gasteiger partial charge in [-0.15, -0.1) is 0 Å². The first kappa shape index (κ1) is 18.8. The third kappa shape index (κ3) is 4.31. The van der Waals surface area contributed by atoms with Crippen LogP contribution in [0, 0.1) is 0 Å². The summed E-state index contributed by atoms with van der Waals surface area (Å²) >= 11 is 0. The topological polar surface area (TPSA) is 93.0 Å². The Morgan fingerprint density at radius 3 is 2.45 bits per heavy atom. The summed E-state index contributed by atoms with van der Waals surface area (Å²) in [6, 6.07) is 9.72. The molecular weight excluding hydrogens is 368 g/mol. The van der Waals surface area contributed by atoms with E-state index >= 15 is 0 Å². The first-order valence-electron chi connectivity index (χ1n) is 9.70. The van der Waals surface area contributed by atoms with Crippen molar-refractivity contribution >= 4 is 11.8 Å². The number of piperidine rings is 1. The van der Waals surface area contributed by atoms with E-state index in [1.807, 2.05) is 36.5 Å². The highest BCUT2D eigenvalue weighted by Crippen LogP contribution is 2.14. The highest BCUT2D eigenvalue weighted by Gasteiger charge is 2.25. The van der Waals surface area contributed by atoms with Gasteiger partial charge in [-0.25, -0.2) is 14.6 Å². The van der Waals surface area contributed by atoms with Gasteiger partial charge in [0.2, 0.25) is 0 Å². The first-order chi connectivity index (χ1) is 14.2. The average Bonchev–Trinajstić information content (AvgIpc) is 3.27. The molecule has 0 spiro atoms. The van der Waals surface area contributed by atoms with Crippen molar-refractivity contribution in [2.75, 3.05) is 13.1 Å². The van der Waals surface area contributed by atoms with Crippen LogP contribution in [0.3, 0.4) is 0 Å². The maximum Gasteiger partial charge on any atom is 0.274 e. The molecule has 1 aliphatic heterocycles. The molecule has 3 aromatic rings. The molecule has 0 bridgehead atoms. The molecule has 1 saturated heterocycles. The van der Waals surface area contributed by atoms with Gasteiger partial charge in [-0.2, -0.15) is 5.10 Å². The van der Waals surface area contributed by atoms with E-state index in [4.69, 9.17) is 0 Å². The Morgan fingerprint density at radius 1 is 0.966 bits per heavy atom. The molecule has 0 saturated carbocycles.